The summed E-state index contributed by atoms with van der Waals surface area (Å²) in [5.41, 5.74) is 0. The van der Waals surface area contributed by atoms with E-state index >= 15 is 0 Å². The monoisotopic (exact) mass is 1150 g/mol. The molecule has 1 aliphatic heterocycles. The molecule has 11 nitrogen and oxygen atoms in total. The number of nitrogens with one attached hydrogen (secondary N) is 1. The number of carbonyl (C=O) groups excluding carboxylic acids is 2. The predicted molar refractivity (Wildman–Crippen MR) is 342 cm³/mol. The Kier molecular flexibility index (Phi) is 53.3. The number of aliphatic hydroxyl groups is 5. The van der Waals surface area contributed by atoms with Crippen LogP contribution in [-0.4, -0.2) is 99.6 Å². The van der Waals surface area contributed by atoms with Crippen molar-refractivity contribution >= 4 is 11.9 Å². The van der Waals surface area contributed by atoms with Crippen LogP contribution in [0.5, 0.6) is 0 Å². The molecule has 0 radical (unpaired) electrons. The zero-order valence-electron chi connectivity index (χ0n) is 51.8. The van der Waals surface area contributed by atoms with Crippen molar-refractivity contribution in [3.05, 3.63) is 122 Å². The number of hydrogen-bond acceptors (Lipinski definition) is 10. The molecule has 0 aromatic carbocycles. The minimum atomic E-state index is -1.63. The summed E-state index contributed by atoms with van der Waals surface area (Å²) >= 11 is 0. The summed E-state index contributed by atoms with van der Waals surface area (Å²) in [6, 6.07) is -1.06. The van der Waals surface area contributed by atoms with Gasteiger partial charge in [0.25, 0.3) is 0 Å². The second-order valence-electron chi connectivity index (χ2n) is 22.1. The van der Waals surface area contributed by atoms with Gasteiger partial charge in [-0.3, -0.25) is 9.59 Å². The maximum atomic E-state index is 13.4. The first-order valence-corrected chi connectivity index (χ1v) is 32.8. The van der Waals surface area contributed by atoms with Gasteiger partial charge in [0.15, 0.2) is 12.4 Å². The standard InChI is InChI=1S/C71H119NO10/c1-4-7-10-13-16-19-22-25-27-29-30-31-32-33-34-35-36-37-39-41-44-47-50-53-56-59-66(76)82-69-68(78)67(77)65(60-73)81-71(69)80-61-62(63(74)57-54-51-48-45-42-24-21-18-15-12-9-6-3)72-70(79)64(75)58-55-52-49-46-43-40-38-28-26-23-20-17-14-11-8-5-2/h7,10,16-17,19-20,25-28,30-31,33-34,40,43,49,52,54,57,62-65,67-69,71,73-75,77-78H,4-6,8-9,11-15,18,21-24,29,32,35-39,41-42,44-48,50-51,53,55-56,58-61H2,1-3H3,(H,72,79)/b10-7-,19-16-,20-17-,27-25-,28-26-,31-30-,34-33-,43-40-,52-49-,57-54+. The molecule has 0 aromatic rings. The Bertz CT molecular complexity index is 1800. The molecular weight excluding hydrogens is 1030 g/mol. The van der Waals surface area contributed by atoms with Crippen molar-refractivity contribution in [1.29, 1.82) is 0 Å². The Morgan fingerprint density at radius 2 is 0.878 bits per heavy atom. The van der Waals surface area contributed by atoms with Gasteiger partial charge in [-0.2, -0.15) is 0 Å². The van der Waals surface area contributed by atoms with Crippen molar-refractivity contribution in [3.8, 4) is 0 Å². The van der Waals surface area contributed by atoms with Gasteiger partial charge in [-0.1, -0.05) is 258 Å². The predicted octanol–water partition coefficient (Wildman–Crippen LogP) is 16.2. The van der Waals surface area contributed by atoms with Gasteiger partial charge in [0.2, 0.25) is 5.91 Å². The number of allylic oxidation sites excluding steroid dienone is 19. The molecule has 0 spiro atoms. The number of unbranched alkanes of at least 4 members (excludes halogenated alkanes) is 22. The molecule has 8 unspecified atom stereocenters. The second-order valence-corrected chi connectivity index (χ2v) is 22.1. The normalized spacial score (nSPS) is 19.4. The van der Waals surface area contributed by atoms with Crippen LogP contribution in [0.4, 0.5) is 0 Å². The van der Waals surface area contributed by atoms with Crippen LogP contribution in [0.15, 0.2) is 122 Å². The molecule has 0 bridgehead atoms. The minimum Gasteiger partial charge on any atom is -0.454 e. The lowest BCUT2D eigenvalue weighted by Gasteiger charge is -2.41. The van der Waals surface area contributed by atoms with Gasteiger partial charge in [-0.25, -0.2) is 0 Å². The van der Waals surface area contributed by atoms with Gasteiger partial charge >= 0.3 is 5.97 Å². The summed E-state index contributed by atoms with van der Waals surface area (Å²) in [5, 5.41) is 57.0. The molecular formula is C71H119NO10. The lowest BCUT2D eigenvalue weighted by molar-refractivity contribution is -0.305. The lowest BCUT2D eigenvalue weighted by atomic mass is 9.99. The molecule has 6 N–H and O–H groups in total. The van der Waals surface area contributed by atoms with E-state index in [-0.39, 0.29) is 19.4 Å². The molecule has 1 heterocycles. The third-order valence-corrected chi connectivity index (χ3v) is 14.6. The van der Waals surface area contributed by atoms with Crippen LogP contribution < -0.4 is 5.32 Å². The second kappa shape index (κ2) is 57.5. The van der Waals surface area contributed by atoms with E-state index < -0.39 is 67.4 Å². The van der Waals surface area contributed by atoms with Crippen LogP contribution in [0.1, 0.15) is 252 Å². The fraction of sp³-hybridized carbons (Fsp3) is 0.690. The third-order valence-electron chi connectivity index (χ3n) is 14.6. The van der Waals surface area contributed by atoms with E-state index in [0.29, 0.717) is 12.8 Å². The number of hydrogen-bond donors (Lipinski definition) is 6. The Labute approximate surface area is 500 Å². The van der Waals surface area contributed by atoms with Gasteiger partial charge in [0.05, 0.1) is 25.4 Å². The fourth-order valence-corrected chi connectivity index (χ4v) is 9.43. The maximum Gasteiger partial charge on any atom is 0.306 e. The van der Waals surface area contributed by atoms with E-state index in [4.69, 9.17) is 14.2 Å². The van der Waals surface area contributed by atoms with E-state index in [1.165, 1.54) is 89.9 Å². The number of rotatable bonds is 54. The highest BCUT2D eigenvalue weighted by Crippen LogP contribution is 2.26. The van der Waals surface area contributed by atoms with Crippen LogP contribution in [-0.2, 0) is 23.8 Å². The average molecular weight is 1150 g/mol. The zero-order chi connectivity index (χ0) is 59.6. The van der Waals surface area contributed by atoms with Crippen LogP contribution >= 0.6 is 0 Å². The Balaban J connectivity index is 2.65. The van der Waals surface area contributed by atoms with Crippen molar-refractivity contribution in [2.75, 3.05) is 13.2 Å². The average Bonchev–Trinajstić information content (AvgIpc) is 3.56. The topological polar surface area (TPSA) is 175 Å². The van der Waals surface area contributed by atoms with E-state index in [9.17, 15) is 35.1 Å². The number of ether oxygens (including phenoxy) is 3. The largest absolute Gasteiger partial charge is 0.454 e. The quantitative estimate of drug-likeness (QED) is 0.0195. The number of esters is 1. The van der Waals surface area contributed by atoms with Gasteiger partial charge in [0, 0.05) is 6.42 Å². The summed E-state index contributed by atoms with van der Waals surface area (Å²) in [6.45, 7) is 5.60. The molecule has 1 rings (SSSR count). The summed E-state index contributed by atoms with van der Waals surface area (Å²) in [6.07, 6.45) is 69.6. The summed E-state index contributed by atoms with van der Waals surface area (Å²) in [5.74, 6) is -1.27. The third kappa shape index (κ3) is 44.6. The molecule has 8 atom stereocenters. The SMILES string of the molecule is CC/C=C\C/C=C\C/C=C\C/C=C\C/C=C\CCCCCCCCCCCC(=O)OC1C(OCC(NC(=O)C(O)CC/C=C\C/C=C\C/C=C\C/C=C\CCCCC)C(O)/C=C/CCCCCCCCCCCC)OC(CO)C(O)C1O. The van der Waals surface area contributed by atoms with Gasteiger partial charge < -0.3 is 45.1 Å². The Hall–Kier alpha value is -3.94. The summed E-state index contributed by atoms with van der Waals surface area (Å²) < 4.78 is 17.6. The molecule has 1 amide bonds. The minimum absolute atomic E-state index is 0.103. The zero-order valence-corrected chi connectivity index (χ0v) is 51.8. The van der Waals surface area contributed by atoms with Crippen molar-refractivity contribution in [2.24, 2.45) is 0 Å². The van der Waals surface area contributed by atoms with Crippen LogP contribution in [0.3, 0.4) is 0 Å². The molecule has 1 saturated heterocycles. The molecule has 11 heteroatoms. The van der Waals surface area contributed by atoms with Crippen LogP contribution in [0.25, 0.3) is 0 Å². The van der Waals surface area contributed by atoms with Crippen molar-refractivity contribution < 1.29 is 49.3 Å². The number of aliphatic hydroxyl groups excluding tert-OH is 5. The Morgan fingerprint density at radius 3 is 1.34 bits per heavy atom. The number of amides is 1. The Morgan fingerprint density at radius 1 is 0.488 bits per heavy atom. The first-order valence-electron chi connectivity index (χ1n) is 32.8. The van der Waals surface area contributed by atoms with E-state index in [1.807, 2.05) is 18.2 Å². The summed E-state index contributed by atoms with van der Waals surface area (Å²) in [4.78, 5) is 26.6. The van der Waals surface area contributed by atoms with E-state index in [1.54, 1.807) is 6.08 Å². The highest BCUT2D eigenvalue weighted by Gasteiger charge is 2.47. The van der Waals surface area contributed by atoms with Gasteiger partial charge in [-0.05, 0) is 109 Å². The van der Waals surface area contributed by atoms with Crippen LogP contribution in [0, 0.1) is 0 Å². The smallest absolute Gasteiger partial charge is 0.306 e. The highest BCUT2D eigenvalue weighted by atomic mass is 16.7. The van der Waals surface area contributed by atoms with E-state index in [2.05, 4.69) is 123 Å². The van der Waals surface area contributed by atoms with Crippen molar-refractivity contribution in [3.63, 3.8) is 0 Å². The maximum absolute atomic E-state index is 13.4. The molecule has 82 heavy (non-hydrogen) atoms. The summed E-state index contributed by atoms with van der Waals surface area (Å²) in [7, 11) is 0. The molecule has 468 valence electrons. The fourth-order valence-electron chi connectivity index (χ4n) is 9.43. The van der Waals surface area contributed by atoms with Crippen molar-refractivity contribution in [1.82, 2.24) is 5.32 Å². The van der Waals surface area contributed by atoms with Crippen molar-refractivity contribution in [2.45, 2.75) is 301 Å². The molecule has 1 aliphatic rings. The lowest BCUT2D eigenvalue weighted by Crippen LogP contribution is -2.61. The molecule has 0 saturated carbocycles. The first-order chi connectivity index (χ1) is 40.2. The molecule has 1 fully saturated rings. The van der Waals surface area contributed by atoms with Gasteiger partial charge in [0.1, 0.15) is 24.4 Å². The van der Waals surface area contributed by atoms with E-state index in [0.717, 1.165) is 116 Å². The first kappa shape index (κ1) is 76.1. The number of carbonyl (C=O) groups is 2. The highest BCUT2D eigenvalue weighted by molar-refractivity contribution is 5.80. The molecule has 0 aliphatic carbocycles. The molecule has 0 aromatic heterocycles. The van der Waals surface area contributed by atoms with Crippen LogP contribution in [0.2, 0.25) is 0 Å². The van der Waals surface area contributed by atoms with Gasteiger partial charge in [-0.15, -0.1) is 0 Å².